The van der Waals surface area contributed by atoms with Gasteiger partial charge >= 0.3 is 0 Å². The topological polar surface area (TPSA) is 82.3 Å². The number of hydrogen-bond acceptors (Lipinski definition) is 7. The number of nitrogens with two attached hydrogens (primary N) is 1. The Hall–Kier alpha value is -1.44. The van der Waals surface area contributed by atoms with Crippen LogP contribution in [0.3, 0.4) is 0 Å². The number of aromatic nitrogens is 2. The van der Waals surface area contributed by atoms with Crippen molar-refractivity contribution in [1.82, 2.24) is 19.9 Å². The van der Waals surface area contributed by atoms with E-state index < -0.39 is 0 Å². The SMILES string of the molecule is CCCc1nc(NN)cc(NN2CCN(C)CC2)n1. The molecular formula is C12H23N7. The molecule has 0 unspecified atom stereocenters. The van der Waals surface area contributed by atoms with Crippen molar-refractivity contribution in [2.24, 2.45) is 5.84 Å². The first-order valence-corrected chi connectivity index (χ1v) is 6.76. The quantitative estimate of drug-likeness (QED) is 0.521. The Morgan fingerprint density at radius 3 is 2.53 bits per heavy atom. The van der Waals surface area contributed by atoms with Crippen LogP contribution in [0.25, 0.3) is 0 Å². The van der Waals surface area contributed by atoms with E-state index in [1.165, 1.54) is 0 Å². The summed E-state index contributed by atoms with van der Waals surface area (Å²) in [6, 6.07) is 1.83. The van der Waals surface area contributed by atoms with Crippen molar-refractivity contribution >= 4 is 11.6 Å². The summed E-state index contributed by atoms with van der Waals surface area (Å²) >= 11 is 0. The van der Waals surface area contributed by atoms with E-state index in [1.807, 2.05) is 6.07 Å². The van der Waals surface area contributed by atoms with Crippen LogP contribution in [-0.4, -0.2) is 53.1 Å². The van der Waals surface area contributed by atoms with Gasteiger partial charge in [0.1, 0.15) is 17.5 Å². The molecule has 0 amide bonds. The minimum Gasteiger partial charge on any atom is -0.308 e. The Labute approximate surface area is 114 Å². The summed E-state index contributed by atoms with van der Waals surface area (Å²) in [6.45, 7) is 6.19. The van der Waals surface area contributed by atoms with Gasteiger partial charge in [-0.05, 0) is 13.5 Å². The summed E-state index contributed by atoms with van der Waals surface area (Å²) in [5, 5.41) is 2.18. The molecular weight excluding hydrogens is 242 g/mol. The number of anilines is 2. The summed E-state index contributed by atoms with van der Waals surface area (Å²) in [5.41, 5.74) is 5.93. The average Bonchev–Trinajstić information content (AvgIpc) is 2.41. The first-order valence-electron chi connectivity index (χ1n) is 6.76. The Balaban J connectivity index is 2.04. The lowest BCUT2D eigenvalue weighted by molar-refractivity contribution is 0.178. The van der Waals surface area contributed by atoms with Gasteiger partial charge in [-0.1, -0.05) is 6.92 Å². The largest absolute Gasteiger partial charge is 0.308 e. The van der Waals surface area contributed by atoms with Crippen LogP contribution in [0, 0.1) is 0 Å². The van der Waals surface area contributed by atoms with Crippen molar-refractivity contribution in [2.45, 2.75) is 19.8 Å². The standard InChI is InChI=1S/C12H23N7/c1-3-4-10-14-11(16-13)9-12(15-10)17-19-7-5-18(2)6-8-19/h9H,3-8,13H2,1-2H3,(H2,14,15,16,17). The highest BCUT2D eigenvalue weighted by Crippen LogP contribution is 2.13. The normalized spacial score (nSPS) is 17.4. The molecule has 1 aliphatic heterocycles. The second-order valence-corrected chi connectivity index (χ2v) is 4.85. The van der Waals surface area contributed by atoms with Gasteiger partial charge in [0.25, 0.3) is 0 Å². The zero-order valence-electron chi connectivity index (χ0n) is 11.7. The smallest absolute Gasteiger partial charge is 0.146 e. The maximum atomic E-state index is 5.45. The van der Waals surface area contributed by atoms with E-state index in [0.717, 1.165) is 50.7 Å². The number of hydrazine groups is 2. The van der Waals surface area contributed by atoms with E-state index in [-0.39, 0.29) is 0 Å². The number of nitrogens with one attached hydrogen (secondary N) is 2. The number of aryl methyl sites for hydroxylation is 1. The minimum atomic E-state index is 0.648. The van der Waals surface area contributed by atoms with Gasteiger partial charge in [0.2, 0.25) is 0 Å². The fourth-order valence-corrected chi connectivity index (χ4v) is 2.04. The molecule has 7 nitrogen and oxygen atoms in total. The molecule has 1 saturated heterocycles. The molecule has 7 heteroatoms. The van der Waals surface area contributed by atoms with Gasteiger partial charge in [-0.3, -0.25) is 0 Å². The molecule has 0 atom stereocenters. The van der Waals surface area contributed by atoms with Crippen molar-refractivity contribution in [3.05, 3.63) is 11.9 Å². The number of nitrogen functional groups attached to an aromatic ring is 1. The highest BCUT2D eigenvalue weighted by atomic mass is 15.5. The van der Waals surface area contributed by atoms with Gasteiger partial charge in [-0.15, -0.1) is 0 Å². The first kappa shape index (κ1) is 14.0. The Kier molecular flexibility index (Phi) is 4.89. The molecule has 1 aliphatic rings. The molecule has 0 aromatic carbocycles. The highest BCUT2D eigenvalue weighted by Gasteiger charge is 2.14. The van der Waals surface area contributed by atoms with Crippen molar-refractivity contribution in [1.29, 1.82) is 0 Å². The molecule has 0 aliphatic carbocycles. The van der Waals surface area contributed by atoms with Gasteiger partial charge in [0.15, 0.2) is 0 Å². The predicted octanol–water partition coefficient (Wildman–Crippen LogP) is 0.289. The first-order chi connectivity index (χ1) is 9.21. The third-order valence-electron chi connectivity index (χ3n) is 3.17. The molecule has 0 saturated carbocycles. The molecule has 0 spiro atoms. The predicted molar refractivity (Wildman–Crippen MR) is 76.5 cm³/mol. The van der Waals surface area contributed by atoms with Crippen LogP contribution in [0.4, 0.5) is 11.6 Å². The number of likely N-dealkylation sites (N-methyl/N-ethyl adjacent to an activating group) is 1. The molecule has 4 N–H and O–H groups in total. The van der Waals surface area contributed by atoms with Crippen LogP contribution in [-0.2, 0) is 6.42 Å². The summed E-state index contributed by atoms with van der Waals surface area (Å²) in [6.07, 6.45) is 1.87. The van der Waals surface area contributed by atoms with Gasteiger partial charge in [-0.25, -0.2) is 20.8 Å². The van der Waals surface area contributed by atoms with Crippen molar-refractivity contribution in [2.75, 3.05) is 44.1 Å². The van der Waals surface area contributed by atoms with Gasteiger partial charge in [-0.2, -0.15) is 0 Å². The lowest BCUT2D eigenvalue weighted by atomic mass is 10.3. The Bertz CT molecular complexity index is 401. The van der Waals surface area contributed by atoms with Crippen LogP contribution in [0.15, 0.2) is 6.07 Å². The van der Waals surface area contributed by atoms with Gasteiger partial charge in [0.05, 0.1) is 0 Å². The zero-order valence-corrected chi connectivity index (χ0v) is 11.7. The second kappa shape index (κ2) is 6.65. The Morgan fingerprint density at radius 1 is 1.21 bits per heavy atom. The van der Waals surface area contributed by atoms with E-state index in [4.69, 9.17) is 5.84 Å². The van der Waals surface area contributed by atoms with Crippen LogP contribution in [0.1, 0.15) is 19.2 Å². The maximum absolute atomic E-state index is 5.45. The minimum absolute atomic E-state index is 0.648. The molecule has 2 heterocycles. The highest BCUT2D eigenvalue weighted by molar-refractivity contribution is 5.46. The molecule has 1 fully saturated rings. The molecule has 0 radical (unpaired) electrons. The van der Waals surface area contributed by atoms with Gasteiger partial charge < -0.3 is 15.8 Å². The lowest BCUT2D eigenvalue weighted by Gasteiger charge is -2.32. The fourth-order valence-electron chi connectivity index (χ4n) is 2.04. The average molecular weight is 265 g/mol. The number of hydrogen-bond donors (Lipinski definition) is 3. The van der Waals surface area contributed by atoms with Crippen LogP contribution in [0.2, 0.25) is 0 Å². The monoisotopic (exact) mass is 265 g/mol. The second-order valence-electron chi connectivity index (χ2n) is 4.85. The summed E-state index contributed by atoms with van der Waals surface area (Å²) in [7, 11) is 2.14. The van der Waals surface area contributed by atoms with Crippen LogP contribution < -0.4 is 16.7 Å². The third kappa shape index (κ3) is 4.02. The van der Waals surface area contributed by atoms with Crippen molar-refractivity contribution in [3.63, 3.8) is 0 Å². The van der Waals surface area contributed by atoms with Gasteiger partial charge in [0, 0.05) is 38.7 Å². The van der Waals surface area contributed by atoms with E-state index in [2.05, 4.69) is 44.7 Å². The summed E-state index contributed by atoms with van der Waals surface area (Å²) in [5.74, 6) is 7.71. The molecule has 2 rings (SSSR count). The number of nitrogens with zero attached hydrogens (tertiary/aromatic N) is 4. The van der Waals surface area contributed by atoms with E-state index in [0.29, 0.717) is 5.82 Å². The van der Waals surface area contributed by atoms with E-state index >= 15 is 0 Å². The van der Waals surface area contributed by atoms with E-state index in [1.54, 1.807) is 0 Å². The molecule has 19 heavy (non-hydrogen) atoms. The number of piperazine rings is 1. The third-order valence-corrected chi connectivity index (χ3v) is 3.17. The Morgan fingerprint density at radius 2 is 1.89 bits per heavy atom. The van der Waals surface area contributed by atoms with Crippen molar-refractivity contribution in [3.8, 4) is 0 Å². The van der Waals surface area contributed by atoms with E-state index in [9.17, 15) is 0 Å². The summed E-state index contributed by atoms with van der Waals surface area (Å²) < 4.78 is 0. The van der Waals surface area contributed by atoms with Crippen LogP contribution in [0.5, 0.6) is 0 Å². The molecule has 106 valence electrons. The molecule has 0 bridgehead atoms. The van der Waals surface area contributed by atoms with Crippen LogP contribution >= 0.6 is 0 Å². The zero-order chi connectivity index (χ0) is 13.7. The number of rotatable bonds is 5. The summed E-state index contributed by atoms with van der Waals surface area (Å²) in [4.78, 5) is 11.2. The fraction of sp³-hybridized carbons (Fsp3) is 0.667. The maximum Gasteiger partial charge on any atom is 0.146 e. The van der Waals surface area contributed by atoms with Crippen molar-refractivity contribution < 1.29 is 0 Å². The lowest BCUT2D eigenvalue weighted by Crippen LogP contribution is -2.47. The molecule has 1 aromatic heterocycles. The molecule has 1 aromatic rings.